The lowest BCUT2D eigenvalue weighted by Crippen LogP contribution is -2.49. The lowest BCUT2D eigenvalue weighted by molar-refractivity contribution is -0.123. The number of amides is 2. The number of benzene rings is 2. The Morgan fingerprint density at radius 1 is 0.910 bits per heavy atom. The van der Waals surface area contributed by atoms with E-state index < -0.39 is 17.7 Å². The predicted molar refractivity (Wildman–Crippen MR) is 259 cm³/mol. The van der Waals surface area contributed by atoms with Crippen molar-refractivity contribution >= 4 is 46.3 Å². The molecular formula is C52H64F3N9O3. The molecule has 0 aliphatic carbocycles. The lowest BCUT2D eigenvalue weighted by Gasteiger charge is -2.39. The molecule has 3 fully saturated rings. The fourth-order valence-corrected chi connectivity index (χ4v) is 10.0. The van der Waals surface area contributed by atoms with Gasteiger partial charge in [0.15, 0.2) is 5.78 Å². The van der Waals surface area contributed by atoms with Crippen molar-refractivity contribution < 1.29 is 27.6 Å². The first-order valence-corrected chi connectivity index (χ1v) is 23.9. The summed E-state index contributed by atoms with van der Waals surface area (Å²) in [4.78, 5) is 53.0. The smallest absolute Gasteiger partial charge is 0.254 e. The van der Waals surface area contributed by atoms with Crippen molar-refractivity contribution in [2.75, 3.05) is 94.2 Å². The second-order valence-corrected chi connectivity index (χ2v) is 18.6. The number of anilines is 3. The highest BCUT2D eigenvalue weighted by Crippen LogP contribution is 2.33. The van der Waals surface area contributed by atoms with Crippen LogP contribution in [0.3, 0.4) is 0 Å². The van der Waals surface area contributed by atoms with E-state index in [1.54, 1.807) is 17.0 Å². The molecule has 2 aromatic carbocycles. The number of ketones is 1. The van der Waals surface area contributed by atoms with Crippen LogP contribution in [0.2, 0.25) is 0 Å². The van der Waals surface area contributed by atoms with E-state index in [1.807, 2.05) is 31.1 Å². The van der Waals surface area contributed by atoms with Gasteiger partial charge in [-0.05, 0) is 107 Å². The number of nitrogens with zero attached hydrogens (tertiary/aromatic N) is 6. The first kappa shape index (κ1) is 47.6. The van der Waals surface area contributed by atoms with Gasteiger partial charge in [0.05, 0.1) is 17.9 Å². The van der Waals surface area contributed by atoms with Crippen LogP contribution in [-0.4, -0.2) is 128 Å². The summed E-state index contributed by atoms with van der Waals surface area (Å²) in [5.74, 6) is -2.06. The first-order chi connectivity index (χ1) is 32.3. The van der Waals surface area contributed by atoms with E-state index in [-0.39, 0.29) is 47.1 Å². The van der Waals surface area contributed by atoms with Crippen molar-refractivity contribution in [1.29, 1.82) is 0 Å². The van der Waals surface area contributed by atoms with Gasteiger partial charge in [-0.25, -0.2) is 13.2 Å². The fourth-order valence-electron chi connectivity index (χ4n) is 10.0. The Balaban J connectivity index is 0.806. The second-order valence-electron chi connectivity index (χ2n) is 18.6. The number of hydrogen-bond acceptors (Lipinski definition) is 10. The molecule has 0 saturated carbocycles. The second kappa shape index (κ2) is 21.4. The van der Waals surface area contributed by atoms with E-state index in [1.165, 1.54) is 23.8 Å². The highest BCUT2D eigenvalue weighted by atomic mass is 19.1. The number of piperidine rings is 1. The van der Waals surface area contributed by atoms with Gasteiger partial charge in [-0.3, -0.25) is 29.2 Å². The zero-order chi connectivity index (χ0) is 47.2. The van der Waals surface area contributed by atoms with Crippen LogP contribution in [0.4, 0.5) is 30.2 Å². The number of carbonyl (C=O) groups is 3. The quantitative estimate of drug-likeness (QED) is 0.173. The molecule has 6 heterocycles. The Hall–Kier alpha value is -5.93. The van der Waals surface area contributed by atoms with Crippen molar-refractivity contribution in [3.05, 3.63) is 118 Å². The molecule has 2 unspecified atom stereocenters. The van der Waals surface area contributed by atoms with Gasteiger partial charge in [-0.2, -0.15) is 0 Å². The molecule has 3 N–H and O–H groups in total. The van der Waals surface area contributed by atoms with Crippen LogP contribution < -0.4 is 25.8 Å². The molecule has 0 radical (unpaired) electrons. The van der Waals surface area contributed by atoms with Crippen molar-refractivity contribution in [2.45, 2.75) is 71.4 Å². The van der Waals surface area contributed by atoms with Crippen LogP contribution in [0.1, 0.15) is 79.6 Å². The summed E-state index contributed by atoms with van der Waals surface area (Å²) >= 11 is 0. The summed E-state index contributed by atoms with van der Waals surface area (Å²) in [5, 5.41) is 8.92. The Kier molecular flexibility index (Phi) is 15.2. The van der Waals surface area contributed by atoms with Gasteiger partial charge in [0.1, 0.15) is 23.5 Å². The van der Waals surface area contributed by atoms with Crippen molar-refractivity contribution in [2.24, 2.45) is 5.92 Å². The Labute approximate surface area is 392 Å². The van der Waals surface area contributed by atoms with E-state index >= 15 is 13.2 Å². The number of aromatic nitrogens is 1. The number of halogens is 3. The summed E-state index contributed by atoms with van der Waals surface area (Å²) in [6, 6.07) is 8.86. The number of likely N-dealkylation sites (N-methyl/N-ethyl adjacent to an activating group) is 1. The van der Waals surface area contributed by atoms with Gasteiger partial charge in [0.25, 0.3) is 5.91 Å². The molecule has 3 saturated heterocycles. The number of hydrogen-bond donors (Lipinski definition) is 3. The number of pyridine rings is 1. The number of carbonyl (C=O) groups excluding carboxylic acids is 3. The molecule has 0 bridgehead atoms. The molecule has 67 heavy (non-hydrogen) atoms. The van der Waals surface area contributed by atoms with Gasteiger partial charge in [0.2, 0.25) is 5.91 Å². The fraction of sp³-hybridized carbons (Fsp3) is 0.462. The average molecular weight is 920 g/mol. The molecule has 2 amide bonds. The molecule has 8 rings (SSSR count). The van der Waals surface area contributed by atoms with Gasteiger partial charge in [-0.1, -0.05) is 23.8 Å². The van der Waals surface area contributed by atoms with E-state index in [2.05, 4.69) is 80.0 Å². The van der Waals surface area contributed by atoms with Crippen LogP contribution in [0, 0.1) is 30.3 Å². The highest BCUT2D eigenvalue weighted by Gasteiger charge is 2.30. The zero-order valence-corrected chi connectivity index (χ0v) is 39.2. The summed E-state index contributed by atoms with van der Waals surface area (Å²) in [7, 11) is 1.93. The van der Waals surface area contributed by atoms with Crippen molar-refractivity contribution in [3.8, 4) is 0 Å². The summed E-state index contributed by atoms with van der Waals surface area (Å²) in [6.45, 7) is 13.1. The van der Waals surface area contributed by atoms with Gasteiger partial charge >= 0.3 is 0 Å². The summed E-state index contributed by atoms with van der Waals surface area (Å²) in [6.07, 6.45) is 16.0. The molecule has 5 aliphatic rings. The monoisotopic (exact) mass is 920 g/mol. The minimum atomic E-state index is -0.713. The summed E-state index contributed by atoms with van der Waals surface area (Å²) < 4.78 is 47.0. The number of nitrogens with one attached hydrogen (secondary N) is 3. The molecule has 15 heteroatoms. The molecule has 356 valence electrons. The largest absolute Gasteiger partial charge is 0.388 e. The lowest BCUT2D eigenvalue weighted by atomic mass is 9.94. The molecule has 0 spiro atoms. The number of rotatable bonds is 12. The summed E-state index contributed by atoms with van der Waals surface area (Å²) in [5.41, 5.74) is 6.98. The number of Topliss-reactive ketones (excluding diaryl/α,β-unsaturated/α-hetero) is 1. The maximum Gasteiger partial charge on any atom is 0.254 e. The molecule has 2 atom stereocenters. The minimum absolute atomic E-state index is 0.0203. The van der Waals surface area contributed by atoms with Crippen LogP contribution in [0.5, 0.6) is 0 Å². The molecule has 3 aromatic rings. The van der Waals surface area contributed by atoms with E-state index in [0.717, 1.165) is 68.1 Å². The van der Waals surface area contributed by atoms with E-state index in [9.17, 15) is 14.4 Å². The van der Waals surface area contributed by atoms with E-state index in [0.29, 0.717) is 81.4 Å². The number of likely N-dealkylation sites (tertiary alicyclic amines) is 1. The SMILES string of the molecule is CNC1=CCCN(c2ccnc(C)c2/C=C(\C)C(C)N2CC=C(c3c(F)cc(C(=O)N4CCC(CN5CCN(c6ccc(NC7CCC(=O)CNC7=O)cc6F)CC5)CC4)cc3F)CC2)C=C1. The highest BCUT2D eigenvalue weighted by molar-refractivity contribution is 5.95. The standard InChI is InChI=1S/C52H64F3N9O3/c1-34(28-43-35(2)57-17-11-48(43)62-18-5-6-40(56-4)16-23-62)36(3)61-21-14-38(15-22-61)50-45(54)29-39(30-46(50)55)52(67)64-19-12-37(13-20-64)33-60-24-26-63(27-25-60)49-10-7-41(31-44(49)53)59-47-9-8-42(65)32-58-51(47)66/h6-7,10-11,14,16-17,23,28-31,36-37,47,56,59H,5,8-9,12-13,15,18-22,24-27,32-33H2,1-4H3,(H,58,66)/b34-28+. The zero-order valence-electron chi connectivity index (χ0n) is 39.2. The number of allylic oxidation sites excluding steroid dienone is 1. The average Bonchev–Trinajstić information content (AvgIpc) is 3.67. The molecule has 12 nitrogen and oxygen atoms in total. The van der Waals surface area contributed by atoms with Crippen LogP contribution in [0.15, 0.2) is 78.3 Å². The van der Waals surface area contributed by atoms with E-state index in [4.69, 9.17) is 0 Å². The Bertz CT molecular complexity index is 2430. The van der Waals surface area contributed by atoms with Crippen LogP contribution in [-0.2, 0) is 9.59 Å². The van der Waals surface area contributed by atoms with Gasteiger partial charge < -0.3 is 30.7 Å². The number of piperazine rings is 1. The van der Waals surface area contributed by atoms with Crippen LogP contribution >= 0.6 is 0 Å². The van der Waals surface area contributed by atoms with Crippen molar-refractivity contribution in [3.63, 3.8) is 0 Å². The maximum absolute atomic E-state index is 15.8. The minimum Gasteiger partial charge on any atom is -0.388 e. The molecule has 1 aromatic heterocycles. The molecule has 5 aliphatic heterocycles. The maximum atomic E-state index is 15.8. The van der Waals surface area contributed by atoms with Crippen molar-refractivity contribution in [1.82, 2.24) is 30.3 Å². The predicted octanol–water partition coefficient (Wildman–Crippen LogP) is 7.15. The third-order valence-electron chi connectivity index (χ3n) is 14.3. The first-order valence-electron chi connectivity index (χ1n) is 23.9. The van der Waals surface area contributed by atoms with Gasteiger partial charge in [0, 0.05) is 131 Å². The topological polar surface area (TPSA) is 116 Å². The normalized spacial score (nSPS) is 21.0. The van der Waals surface area contributed by atoms with Gasteiger partial charge in [-0.15, -0.1) is 0 Å². The van der Waals surface area contributed by atoms with Crippen LogP contribution in [0.25, 0.3) is 11.6 Å². The third-order valence-corrected chi connectivity index (χ3v) is 14.3. The Morgan fingerprint density at radius 3 is 2.37 bits per heavy atom. The number of aryl methyl sites for hydroxylation is 1. The third kappa shape index (κ3) is 11.3. The molecular weight excluding hydrogens is 856 g/mol. The Morgan fingerprint density at radius 2 is 1.67 bits per heavy atom.